The van der Waals surface area contributed by atoms with Crippen molar-refractivity contribution in [3.63, 3.8) is 0 Å². The number of amides is 1. The molecular formula is C10H13NO4. The molecule has 15 heavy (non-hydrogen) atoms. The lowest BCUT2D eigenvalue weighted by atomic mass is 10.2. The van der Waals surface area contributed by atoms with E-state index in [0.717, 1.165) is 0 Å². The van der Waals surface area contributed by atoms with E-state index in [2.05, 4.69) is 5.32 Å². The quantitative estimate of drug-likeness (QED) is 0.741. The van der Waals surface area contributed by atoms with Gasteiger partial charge in [0.2, 0.25) is 5.91 Å². The molecule has 5 heteroatoms. The van der Waals surface area contributed by atoms with E-state index in [1.807, 2.05) is 0 Å². The summed E-state index contributed by atoms with van der Waals surface area (Å²) in [5, 5.41) is 12.0. The van der Waals surface area contributed by atoms with Crippen LogP contribution in [0.15, 0.2) is 12.1 Å². The van der Waals surface area contributed by atoms with E-state index in [1.165, 1.54) is 33.3 Å². The second-order valence-electron chi connectivity index (χ2n) is 2.91. The number of phenols is 1. The average molecular weight is 211 g/mol. The molecule has 0 aromatic heterocycles. The molecule has 0 saturated carbocycles. The summed E-state index contributed by atoms with van der Waals surface area (Å²) < 4.78 is 9.91. The van der Waals surface area contributed by atoms with Crippen LogP contribution in [0.3, 0.4) is 0 Å². The standard InChI is InChI=1S/C10H13NO4/c1-6(12)11-7-4-10(15-3)8(13)5-9(7)14-2/h4-5,13H,1-3H3,(H,11,12). The number of benzene rings is 1. The minimum absolute atomic E-state index is 0.0385. The maximum absolute atomic E-state index is 10.9. The number of hydrogen-bond donors (Lipinski definition) is 2. The molecule has 0 fully saturated rings. The topological polar surface area (TPSA) is 67.8 Å². The lowest BCUT2D eigenvalue weighted by molar-refractivity contribution is -0.114. The second-order valence-corrected chi connectivity index (χ2v) is 2.91. The molecule has 0 radical (unpaired) electrons. The van der Waals surface area contributed by atoms with Crippen molar-refractivity contribution in [2.75, 3.05) is 19.5 Å². The molecule has 0 unspecified atom stereocenters. The van der Waals surface area contributed by atoms with Crippen LogP contribution in [0, 0.1) is 0 Å². The van der Waals surface area contributed by atoms with Gasteiger partial charge >= 0.3 is 0 Å². The van der Waals surface area contributed by atoms with Crippen LogP contribution in [0.1, 0.15) is 6.92 Å². The Labute approximate surface area is 87.6 Å². The lowest BCUT2D eigenvalue weighted by Gasteiger charge is -2.11. The predicted molar refractivity (Wildman–Crippen MR) is 55.5 cm³/mol. The number of carbonyl (C=O) groups excluding carboxylic acids is 1. The summed E-state index contributed by atoms with van der Waals surface area (Å²) in [6, 6.07) is 2.87. The Morgan fingerprint density at radius 1 is 1.27 bits per heavy atom. The van der Waals surface area contributed by atoms with Gasteiger partial charge in [-0.3, -0.25) is 4.79 Å². The van der Waals surface area contributed by atoms with Crippen LogP contribution < -0.4 is 14.8 Å². The van der Waals surface area contributed by atoms with Gasteiger partial charge in [0.05, 0.1) is 19.9 Å². The van der Waals surface area contributed by atoms with Crippen molar-refractivity contribution in [1.29, 1.82) is 0 Å². The third-order valence-electron chi connectivity index (χ3n) is 1.81. The average Bonchev–Trinajstić information content (AvgIpc) is 2.19. The third-order valence-corrected chi connectivity index (χ3v) is 1.81. The van der Waals surface area contributed by atoms with Crippen molar-refractivity contribution < 1.29 is 19.4 Å². The Morgan fingerprint density at radius 3 is 2.33 bits per heavy atom. The molecule has 1 aromatic rings. The van der Waals surface area contributed by atoms with Gasteiger partial charge in [0, 0.05) is 19.1 Å². The molecule has 0 aliphatic heterocycles. The van der Waals surface area contributed by atoms with Crippen molar-refractivity contribution in [1.82, 2.24) is 0 Å². The van der Waals surface area contributed by atoms with Gasteiger partial charge in [-0.05, 0) is 0 Å². The van der Waals surface area contributed by atoms with E-state index < -0.39 is 0 Å². The van der Waals surface area contributed by atoms with Crippen LogP contribution in [-0.2, 0) is 4.79 Å². The van der Waals surface area contributed by atoms with Gasteiger partial charge in [0.15, 0.2) is 11.5 Å². The maximum atomic E-state index is 10.9. The van der Waals surface area contributed by atoms with Gasteiger partial charge in [-0.15, -0.1) is 0 Å². The van der Waals surface area contributed by atoms with E-state index in [4.69, 9.17) is 9.47 Å². The molecule has 1 aromatic carbocycles. The zero-order valence-corrected chi connectivity index (χ0v) is 8.83. The summed E-state index contributed by atoms with van der Waals surface area (Å²) in [7, 11) is 2.88. The van der Waals surface area contributed by atoms with Crippen LogP contribution in [0.2, 0.25) is 0 Å². The highest BCUT2D eigenvalue weighted by Crippen LogP contribution is 2.36. The summed E-state index contributed by atoms with van der Waals surface area (Å²) in [5.74, 6) is 0.396. The molecular weight excluding hydrogens is 198 g/mol. The summed E-state index contributed by atoms with van der Waals surface area (Å²) in [6.07, 6.45) is 0. The first-order chi connectivity index (χ1) is 7.08. The summed E-state index contributed by atoms with van der Waals surface area (Å²) in [4.78, 5) is 10.9. The first-order valence-electron chi connectivity index (χ1n) is 4.31. The fourth-order valence-electron chi connectivity index (χ4n) is 1.17. The highest BCUT2D eigenvalue weighted by Gasteiger charge is 2.10. The Kier molecular flexibility index (Phi) is 3.38. The summed E-state index contributed by atoms with van der Waals surface area (Å²) >= 11 is 0. The Hall–Kier alpha value is -1.91. The zero-order chi connectivity index (χ0) is 11.4. The van der Waals surface area contributed by atoms with E-state index >= 15 is 0 Å². The smallest absolute Gasteiger partial charge is 0.221 e. The van der Waals surface area contributed by atoms with Crippen molar-refractivity contribution >= 4 is 11.6 Å². The molecule has 82 valence electrons. The molecule has 2 N–H and O–H groups in total. The SMILES string of the molecule is COc1cc(NC(C)=O)c(OC)cc1O. The number of phenolic OH excluding ortho intramolecular Hbond substituents is 1. The zero-order valence-electron chi connectivity index (χ0n) is 8.83. The first kappa shape index (κ1) is 11.2. The maximum Gasteiger partial charge on any atom is 0.221 e. The van der Waals surface area contributed by atoms with E-state index in [9.17, 15) is 9.90 Å². The van der Waals surface area contributed by atoms with Crippen LogP contribution in [-0.4, -0.2) is 25.2 Å². The number of aromatic hydroxyl groups is 1. The van der Waals surface area contributed by atoms with Crippen molar-refractivity contribution in [3.8, 4) is 17.2 Å². The Morgan fingerprint density at radius 2 is 1.87 bits per heavy atom. The van der Waals surface area contributed by atoms with Gasteiger partial charge in [0.1, 0.15) is 5.75 Å². The highest BCUT2D eigenvalue weighted by molar-refractivity contribution is 5.91. The highest BCUT2D eigenvalue weighted by atomic mass is 16.5. The second kappa shape index (κ2) is 4.54. The van der Waals surface area contributed by atoms with Crippen molar-refractivity contribution in [3.05, 3.63) is 12.1 Å². The Balaban J connectivity index is 3.16. The summed E-state index contributed by atoms with van der Waals surface area (Å²) in [5.41, 5.74) is 0.458. The number of carbonyl (C=O) groups is 1. The van der Waals surface area contributed by atoms with E-state index in [-0.39, 0.29) is 17.4 Å². The fraction of sp³-hybridized carbons (Fsp3) is 0.300. The molecule has 0 spiro atoms. The molecule has 0 saturated heterocycles. The van der Waals surface area contributed by atoms with Gasteiger partial charge < -0.3 is 19.9 Å². The predicted octanol–water partition coefficient (Wildman–Crippen LogP) is 1.37. The van der Waals surface area contributed by atoms with E-state index in [0.29, 0.717) is 11.4 Å². The number of ether oxygens (including phenoxy) is 2. The molecule has 0 heterocycles. The molecule has 1 amide bonds. The van der Waals surface area contributed by atoms with E-state index in [1.54, 1.807) is 0 Å². The molecule has 0 aliphatic rings. The third kappa shape index (κ3) is 2.52. The summed E-state index contributed by atoms with van der Waals surface area (Å²) in [6.45, 7) is 1.39. The van der Waals surface area contributed by atoms with Crippen molar-refractivity contribution in [2.24, 2.45) is 0 Å². The van der Waals surface area contributed by atoms with Crippen LogP contribution in [0.4, 0.5) is 5.69 Å². The van der Waals surface area contributed by atoms with Gasteiger partial charge in [-0.25, -0.2) is 0 Å². The number of methoxy groups -OCH3 is 2. The molecule has 0 aliphatic carbocycles. The Bertz CT molecular complexity index is 376. The van der Waals surface area contributed by atoms with Gasteiger partial charge in [0.25, 0.3) is 0 Å². The number of anilines is 1. The molecule has 1 rings (SSSR count). The molecule has 5 nitrogen and oxygen atoms in total. The van der Waals surface area contributed by atoms with Gasteiger partial charge in [-0.2, -0.15) is 0 Å². The minimum Gasteiger partial charge on any atom is -0.504 e. The van der Waals surface area contributed by atoms with Crippen LogP contribution in [0.25, 0.3) is 0 Å². The minimum atomic E-state index is -0.221. The normalized spacial score (nSPS) is 9.53. The number of hydrogen-bond acceptors (Lipinski definition) is 4. The molecule has 0 atom stereocenters. The fourth-order valence-corrected chi connectivity index (χ4v) is 1.17. The van der Waals surface area contributed by atoms with Gasteiger partial charge in [-0.1, -0.05) is 0 Å². The monoisotopic (exact) mass is 211 g/mol. The van der Waals surface area contributed by atoms with Crippen LogP contribution >= 0.6 is 0 Å². The molecule has 0 bridgehead atoms. The first-order valence-corrected chi connectivity index (χ1v) is 4.31. The number of nitrogens with one attached hydrogen (secondary N) is 1. The largest absolute Gasteiger partial charge is 0.504 e. The lowest BCUT2D eigenvalue weighted by Crippen LogP contribution is -2.07. The number of rotatable bonds is 3. The van der Waals surface area contributed by atoms with Crippen molar-refractivity contribution in [2.45, 2.75) is 6.92 Å². The van der Waals surface area contributed by atoms with Crippen LogP contribution in [0.5, 0.6) is 17.2 Å².